The molecule has 0 aliphatic carbocycles. The number of rotatable bonds is 4. The average Bonchev–Trinajstić information content (AvgIpc) is 2.41. The van der Waals surface area contributed by atoms with Crippen molar-refractivity contribution in [3.63, 3.8) is 0 Å². The van der Waals surface area contributed by atoms with Gasteiger partial charge in [0.1, 0.15) is 0 Å². The second kappa shape index (κ2) is 7.23. The van der Waals surface area contributed by atoms with Crippen LogP contribution in [0.1, 0.15) is 31.7 Å². The van der Waals surface area contributed by atoms with Crippen LogP contribution in [-0.2, 0) is 11.3 Å². The largest absolute Gasteiger partial charge is 0.339 e. The predicted molar refractivity (Wildman–Crippen MR) is 85.5 cm³/mol. The monoisotopic (exact) mass is 338 g/mol. The molecule has 1 amide bonds. The van der Waals surface area contributed by atoms with Crippen LogP contribution in [-0.4, -0.2) is 41.9 Å². The van der Waals surface area contributed by atoms with Gasteiger partial charge in [-0.05, 0) is 50.9 Å². The molecule has 0 spiro atoms. The summed E-state index contributed by atoms with van der Waals surface area (Å²) < 4.78 is 1.09. The van der Waals surface area contributed by atoms with Crippen molar-refractivity contribution >= 4 is 21.8 Å². The van der Waals surface area contributed by atoms with Gasteiger partial charge in [0.2, 0.25) is 5.91 Å². The van der Waals surface area contributed by atoms with E-state index in [1.807, 2.05) is 24.1 Å². The first-order chi connectivity index (χ1) is 9.56. The molecule has 0 aromatic heterocycles. The van der Waals surface area contributed by atoms with Crippen LogP contribution in [0.5, 0.6) is 0 Å². The zero-order valence-electron chi connectivity index (χ0n) is 12.3. The van der Waals surface area contributed by atoms with Gasteiger partial charge in [-0.1, -0.05) is 28.1 Å². The molecule has 1 saturated heterocycles. The Morgan fingerprint density at radius 2 is 2.05 bits per heavy atom. The van der Waals surface area contributed by atoms with E-state index >= 15 is 0 Å². The minimum Gasteiger partial charge on any atom is -0.339 e. The van der Waals surface area contributed by atoms with Crippen LogP contribution in [0, 0.1) is 0 Å². The van der Waals surface area contributed by atoms with Crippen molar-refractivity contribution in [2.75, 3.05) is 20.1 Å². The van der Waals surface area contributed by atoms with Crippen molar-refractivity contribution in [3.8, 4) is 0 Å². The number of carbonyl (C=O) groups is 1. The number of piperidine rings is 1. The van der Waals surface area contributed by atoms with Crippen LogP contribution in [0.15, 0.2) is 28.7 Å². The van der Waals surface area contributed by atoms with Crippen molar-refractivity contribution < 1.29 is 4.79 Å². The van der Waals surface area contributed by atoms with Gasteiger partial charge in [0, 0.05) is 23.6 Å². The Morgan fingerprint density at radius 1 is 1.35 bits per heavy atom. The first kappa shape index (κ1) is 15.5. The number of benzene rings is 1. The smallest absolute Gasteiger partial charge is 0.236 e. The fourth-order valence-electron chi connectivity index (χ4n) is 2.75. The summed E-state index contributed by atoms with van der Waals surface area (Å²) in [6.07, 6.45) is 3.54. The lowest BCUT2D eigenvalue weighted by Crippen LogP contribution is -2.46. The summed E-state index contributed by atoms with van der Waals surface area (Å²) in [5.41, 5.74) is 1.23. The lowest BCUT2D eigenvalue weighted by atomic mass is 10.0. The summed E-state index contributed by atoms with van der Waals surface area (Å²) >= 11 is 3.44. The number of likely N-dealkylation sites (tertiary alicyclic amines) is 1. The van der Waals surface area contributed by atoms with E-state index in [9.17, 15) is 4.79 Å². The minimum absolute atomic E-state index is 0.261. The average molecular weight is 339 g/mol. The molecule has 1 atom stereocenters. The predicted octanol–water partition coefficient (Wildman–Crippen LogP) is 3.28. The molecule has 1 fully saturated rings. The number of nitrogens with zero attached hydrogens (tertiary/aromatic N) is 2. The van der Waals surface area contributed by atoms with E-state index in [1.54, 1.807) is 0 Å². The van der Waals surface area contributed by atoms with Gasteiger partial charge in [-0.15, -0.1) is 0 Å². The number of likely N-dealkylation sites (N-methyl/N-ethyl adjacent to an activating group) is 1. The van der Waals surface area contributed by atoms with E-state index in [4.69, 9.17) is 0 Å². The summed E-state index contributed by atoms with van der Waals surface area (Å²) in [7, 11) is 2.01. The van der Waals surface area contributed by atoms with Crippen LogP contribution in [0.25, 0.3) is 0 Å². The topological polar surface area (TPSA) is 23.6 Å². The molecule has 0 saturated carbocycles. The number of halogens is 1. The Bertz CT molecular complexity index is 446. The first-order valence-corrected chi connectivity index (χ1v) is 8.08. The van der Waals surface area contributed by atoms with E-state index in [2.05, 4.69) is 39.9 Å². The van der Waals surface area contributed by atoms with Gasteiger partial charge in [0.05, 0.1) is 6.54 Å². The summed E-state index contributed by atoms with van der Waals surface area (Å²) in [5.74, 6) is 0.261. The van der Waals surface area contributed by atoms with E-state index < -0.39 is 0 Å². The molecule has 20 heavy (non-hydrogen) atoms. The van der Waals surface area contributed by atoms with Crippen LogP contribution >= 0.6 is 15.9 Å². The molecule has 110 valence electrons. The molecule has 0 N–H and O–H groups in total. The normalized spacial score (nSPS) is 19.4. The highest BCUT2D eigenvalue weighted by atomic mass is 79.9. The van der Waals surface area contributed by atoms with Gasteiger partial charge in [0.25, 0.3) is 0 Å². The van der Waals surface area contributed by atoms with E-state index in [-0.39, 0.29) is 5.91 Å². The molecule has 1 heterocycles. The van der Waals surface area contributed by atoms with Gasteiger partial charge in [-0.3, -0.25) is 9.69 Å². The van der Waals surface area contributed by atoms with Crippen LogP contribution in [0.2, 0.25) is 0 Å². The van der Waals surface area contributed by atoms with Crippen molar-refractivity contribution in [3.05, 3.63) is 34.3 Å². The first-order valence-electron chi connectivity index (χ1n) is 7.28. The second-order valence-electron chi connectivity index (χ2n) is 5.73. The number of amides is 1. The fourth-order valence-corrected chi connectivity index (χ4v) is 3.01. The minimum atomic E-state index is 0.261. The summed E-state index contributed by atoms with van der Waals surface area (Å²) in [6.45, 7) is 4.39. The molecule has 2 rings (SSSR count). The van der Waals surface area contributed by atoms with Gasteiger partial charge in [-0.25, -0.2) is 0 Å². The van der Waals surface area contributed by atoms with Crippen molar-refractivity contribution in [1.82, 2.24) is 9.80 Å². The Morgan fingerprint density at radius 3 is 2.70 bits per heavy atom. The highest BCUT2D eigenvalue weighted by molar-refractivity contribution is 9.10. The Balaban J connectivity index is 1.85. The van der Waals surface area contributed by atoms with Crippen molar-refractivity contribution in [2.24, 2.45) is 0 Å². The fraction of sp³-hybridized carbons (Fsp3) is 0.562. The maximum atomic E-state index is 12.3. The van der Waals surface area contributed by atoms with Crippen LogP contribution in [0.3, 0.4) is 0 Å². The molecular weight excluding hydrogens is 316 g/mol. The van der Waals surface area contributed by atoms with Gasteiger partial charge in [0.15, 0.2) is 0 Å². The third-order valence-corrected chi connectivity index (χ3v) is 4.42. The van der Waals surface area contributed by atoms with Crippen molar-refractivity contribution in [1.29, 1.82) is 0 Å². The quantitative estimate of drug-likeness (QED) is 0.841. The molecule has 1 aromatic rings. The zero-order valence-corrected chi connectivity index (χ0v) is 13.9. The number of carbonyl (C=O) groups excluding carboxylic acids is 1. The third kappa shape index (κ3) is 4.32. The van der Waals surface area contributed by atoms with Crippen molar-refractivity contribution in [2.45, 2.75) is 38.8 Å². The number of hydrogen-bond donors (Lipinski definition) is 0. The number of hydrogen-bond acceptors (Lipinski definition) is 2. The van der Waals surface area contributed by atoms with Gasteiger partial charge in [-0.2, -0.15) is 0 Å². The lowest BCUT2D eigenvalue weighted by Gasteiger charge is -2.34. The lowest BCUT2D eigenvalue weighted by molar-refractivity contribution is -0.135. The molecule has 1 aliphatic rings. The Kier molecular flexibility index (Phi) is 5.61. The molecule has 3 nitrogen and oxygen atoms in total. The highest BCUT2D eigenvalue weighted by Gasteiger charge is 2.23. The van der Waals surface area contributed by atoms with Crippen LogP contribution < -0.4 is 0 Å². The Hall–Kier alpha value is -0.870. The molecule has 1 unspecified atom stereocenters. The van der Waals surface area contributed by atoms with E-state index in [0.29, 0.717) is 12.6 Å². The SMILES string of the molecule is CC1CCCCN1C(=O)CN(C)Cc1ccc(Br)cc1. The molecule has 4 heteroatoms. The van der Waals surface area contributed by atoms with Gasteiger partial charge >= 0.3 is 0 Å². The van der Waals surface area contributed by atoms with Crippen LogP contribution in [0.4, 0.5) is 0 Å². The second-order valence-corrected chi connectivity index (χ2v) is 6.65. The maximum absolute atomic E-state index is 12.3. The summed E-state index contributed by atoms with van der Waals surface area (Å²) in [5, 5.41) is 0. The Labute approximate surface area is 130 Å². The molecule has 1 aromatic carbocycles. The zero-order chi connectivity index (χ0) is 14.5. The standard InChI is InChI=1S/C16H23BrN2O/c1-13-5-3-4-10-19(13)16(20)12-18(2)11-14-6-8-15(17)9-7-14/h6-9,13H,3-5,10-12H2,1-2H3. The van der Waals surface area contributed by atoms with Gasteiger partial charge < -0.3 is 4.90 Å². The van der Waals surface area contributed by atoms with E-state index in [0.717, 1.165) is 30.4 Å². The third-order valence-electron chi connectivity index (χ3n) is 3.89. The highest BCUT2D eigenvalue weighted by Crippen LogP contribution is 2.17. The molecular formula is C16H23BrN2O. The molecule has 0 radical (unpaired) electrons. The summed E-state index contributed by atoms with van der Waals surface area (Å²) in [4.78, 5) is 16.5. The molecule has 0 bridgehead atoms. The van der Waals surface area contributed by atoms with E-state index in [1.165, 1.54) is 12.0 Å². The maximum Gasteiger partial charge on any atom is 0.236 e. The molecule has 1 aliphatic heterocycles. The summed E-state index contributed by atoms with van der Waals surface area (Å²) in [6, 6.07) is 8.66.